The van der Waals surface area contributed by atoms with Gasteiger partial charge in [-0.25, -0.2) is 0 Å². The van der Waals surface area contributed by atoms with Gasteiger partial charge in [-0.1, -0.05) is 11.8 Å². The van der Waals surface area contributed by atoms with Crippen molar-refractivity contribution in [3.63, 3.8) is 0 Å². The third-order valence-corrected chi connectivity index (χ3v) is 4.67. The van der Waals surface area contributed by atoms with Crippen molar-refractivity contribution in [2.45, 2.75) is 12.1 Å². The largest absolute Gasteiger partial charge is 0.459 e. The van der Waals surface area contributed by atoms with Crippen molar-refractivity contribution in [1.82, 2.24) is 25.0 Å². The van der Waals surface area contributed by atoms with Gasteiger partial charge in [-0.3, -0.25) is 19.4 Å². The summed E-state index contributed by atoms with van der Waals surface area (Å²) < 4.78 is 5.11. The molecule has 0 radical (unpaired) electrons. The third-order valence-electron chi connectivity index (χ3n) is 3.82. The highest BCUT2D eigenvalue weighted by molar-refractivity contribution is 7.99. The van der Waals surface area contributed by atoms with Crippen LogP contribution < -0.4 is 5.56 Å². The van der Waals surface area contributed by atoms with Gasteiger partial charge in [-0.15, -0.1) is 10.2 Å². The zero-order chi connectivity index (χ0) is 17.8. The highest BCUT2D eigenvalue weighted by Gasteiger charge is 2.26. The zero-order valence-electron chi connectivity index (χ0n) is 13.6. The van der Waals surface area contributed by atoms with Crippen LogP contribution in [0.2, 0.25) is 0 Å². The highest BCUT2D eigenvalue weighted by Crippen LogP contribution is 2.13. The van der Waals surface area contributed by atoms with E-state index in [1.165, 1.54) is 6.26 Å². The fourth-order valence-corrected chi connectivity index (χ4v) is 3.09. The molecule has 10 heteroatoms. The molecule has 132 valence electrons. The van der Waals surface area contributed by atoms with Crippen LogP contribution in [0.25, 0.3) is 0 Å². The molecular weight excluding hydrogens is 346 g/mol. The average molecular weight is 363 g/mol. The summed E-state index contributed by atoms with van der Waals surface area (Å²) in [5, 5.41) is 7.89. The van der Waals surface area contributed by atoms with Gasteiger partial charge >= 0.3 is 0 Å². The number of hydrogen-bond donors (Lipinski definition) is 1. The molecule has 0 atom stereocenters. The Morgan fingerprint density at radius 2 is 1.96 bits per heavy atom. The first kappa shape index (κ1) is 17.2. The molecule has 3 rings (SSSR count). The van der Waals surface area contributed by atoms with Crippen LogP contribution in [0.4, 0.5) is 0 Å². The number of carbonyl (C=O) groups is 2. The van der Waals surface area contributed by atoms with Gasteiger partial charge in [0.1, 0.15) is 5.69 Å². The van der Waals surface area contributed by atoms with Gasteiger partial charge in [0.2, 0.25) is 5.91 Å². The first-order valence-electron chi connectivity index (χ1n) is 7.71. The average Bonchev–Trinajstić information content (AvgIpc) is 3.16. The number of furan rings is 1. The number of nitrogens with zero attached hydrogens (tertiary/aromatic N) is 4. The minimum absolute atomic E-state index is 0.0710. The second kappa shape index (κ2) is 7.51. The van der Waals surface area contributed by atoms with E-state index in [1.54, 1.807) is 28.9 Å². The number of carbonyl (C=O) groups excluding carboxylic acids is 2. The fraction of sp³-hybridized carbons (Fsp3) is 0.400. The Hall–Kier alpha value is -2.62. The minimum Gasteiger partial charge on any atom is -0.459 e. The topological polar surface area (TPSA) is 112 Å². The van der Waals surface area contributed by atoms with Crippen molar-refractivity contribution in [1.29, 1.82) is 0 Å². The van der Waals surface area contributed by atoms with E-state index in [4.69, 9.17) is 4.42 Å². The van der Waals surface area contributed by atoms with Crippen molar-refractivity contribution in [3.8, 4) is 0 Å². The molecule has 0 spiro atoms. The van der Waals surface area contributed by atoms with E-state index in [-0.39, 0.29) is 28.8 Å². The number of thioether (sulfide) groups is 1. The molecule has 25 heavy (non-hydrogen) atoms. The predicted octanol–water partition coefficient (Wildman–Crippen LogP) is 0.143. The van der Waals surface area contributed by atoms with Gasteiger partial charge in [-0.2, -0.15) is 0 Å². The van der Waals surface area contributed by atoms with E-state index in [2.05, 4.69) is 15.2 Å². The summed E-state index contributed by atoms with van der Waals surface area (Å²) in [4.78, 5) is 41.9. The van der Waals surface area contributed by atoms with Crippen LogP contribution in [0.15, 0.2) is 32.8 Å². The summed E-state index contributed by atoms with van der Waals surface area (Å²) >= 11 is 1.13. The molecule has 3 heterocycles. The number of piperazine rings is 1. The number of rotatable bonds is 4. The Bertz CT molecular complexity index is 812. The van der Waals surface area contributed by atoms with Crippen LogP contribution in [0.3, 0.4) is 0 Å². The second-order valence-electron chi connectivity index (χ2n) is 5.48. The number of aryl methyl sites for hydroxylation is 1. The molecule has 0 saturated carbocycles. The molecule has 2 aromatic heterocycles. The lowest BCUT2D eigenvalue weighted by molar-refractivity contribution is -0.129. The van der Waals surface area contributed by atoms with Gasteiger partial charge in [-0.05, 0) is 19.1 Å². The maximum atomic E-state index is 12.3. The smallest absolute Gasteiger partial charge is 0.289 e. The van der Waals surface area contributed by atoms with Gasteiger partial charge in [0, 0.05) is 26.2 Å². The molecule has 2 amide bonds. The molecule has 0 bridgehead atoms. The number of aromatic amines is 1. The second-order valence-corrected chi connectivity index (χ2v) is 6.45. The normalized spacial score (nSPS) is 14.6. The first-order valence-corrected chi connectivity index (χ1v) is 8.70. The molecule has 1 aliphatic heterocycles. The van der Waals surface area contributed by atoms with Crippen LogP contribution in [-0.4, -0.2) is 68.7 Å². The molecular formula is C15H17N5O4S. The summed E-state index contributed by atoms with van der Waals surface area (Å²) in [6, 6.07) is 3.29. The van der Waals surface area contributed by atoms with E-state index >= 15 is 0 Å². The molecule has 0 aromatic carbocycles. The van der Waals surface area contributed by atoms with Crippen molar-refractivity contribution < 1.29 is 14.0 Å². The van der Waals surface area contributed by atoms with Crippen molar-refractivity contribution >= 4 is 23.6 Å². The SMILES string of the molecule is Cc1nnc(SCC(=O)N2CCN(C(=O)c3ccco3)CC2)[nH]c1=O. The van der Waals surface area contributed by atoms with Crippen molar-refractivity contribution in [2.75, 3.05) is 31.9 Å². The van der Waals surface area contributed by atoms with E-state index in [9.17, 15) is 14.4 Å². The molecule has 2 aromatic rings. The molecule has 9 nitrogen and oxygen atoms in total. The minimum atomic E-state index is -0.310. The van der Waals surface area contributed by atoms with E-state index in [0.717, 1.165) is 11.8 Å². The molecule has 1 saturated heterocycles. The Labute approximate surface area is 147 Å². The number of amides is 2. The van der Waals surface area contributed by atoms with Gasteiger partial charge in [0.05, 0.1) is 12.0 Å². The van der Waals surface area contributed by atoms with Crippen molar-refractivity contribution in [3.05, 3.63) is 40.2 Å². The fourth-order valence-electron chi connectivity index (χ4n) is 2.38. The summed E-state index contributed by atoms with van der Waals surface area (Å²) in [5.74, 6) is 0.217. The number of H-pyrrole nitrogens is 1. The third kappa shape index (κ3) is 4.08. The lowest BCUT2D eigenvalue weighted by atomic mass is 10.3. The van der Waals surface area contributed by atoms with Crippen LogP contribution in [0.5, 0.6) is 0 Å². The summed E-state index contributed by atoms with van der Waals surface area (Å²) in [6.07, 6.45) is 1.46. The van der Waals surface area contributed by atoms with E-state index in [0.29, 0.717) is 37.1 Å². The maximum absolute atomic E-state index is 12.3. The lowest BCUT2D eigenvalue weighted by Gasteiger charge is -2.34. The molecule has 1 aliphatic rings. The molecule has 1 N–H and O–H groups in total. The van der Waals surface area contributed by atoms with Crippen LogP contribution in [0, 0.1) is 6.92 Å². The van der Waals surface area contributed by atoms with Crippen LogP contribution >= 0.6 is 11.8 Å². The van der Waals surface area contributed by atoms with E-state index < -0.39 is 0 Å². The standard InChI is InChI=1S/C15H17N5O4S/c1-10-13(22)16-15(18-17-10)25-9-12(21)19-4-6-20(7-5-19)14(23)11-3-2-8-24-11/h2-3,8H,4-7,9H2,1H3,(H,16,18,22). The number of nitrogens with one attached hydrogen (secondary N) is 1. The monoisotopic (exact) mass is 363 g/mol. The molecule has 1 fully saturated rings. The Balaban J connectivity index is 1.49. The van der Waals surface area contributed by atoms with Gasteiger partial charge < -0.3 is 14.2 Å². The number of hydrogen-bond acceptors (Lipinski definition) is 7. The summed E-state index contributed by atoms with van der Waals surface area (Å²) in [7, 11) is 0. The Morgan fingerprint density at radius 1 is 1.24 bits per heavy atom. The highest BCUT2D eigenvalue weighted by atomic mass is 32.2. The quantitative estimate of drug-likeness (QED) is 0.769. The summed E-state index contributed by atoms with van der Waals surface area (Å²) in [5.41, 5.74) is -0.0250. The summed E-state index contributed by atoms with van der Waals surface area (Å²) in [6.45, 7) is 3.40. The zero-order valence-corrected chi connectivity index (χ0v) is 14.4. The van der Waals surface area contributed by atoms with Gasteiger partial charge in [0.15, 0.2) is 10.9 Å². The van der Waals surface area contributed by atoms with Crippen molar-refractivity contribution in [2.24, 2.45) is 0 Å². The molecule has 0 aliphatic carbocycles. The predicted molar refractivity (Wildman–Crippen MR) is 89.3 cm³/mol. The Kier molecular flexibility index (Phi) is 5.17. The maximum Gasteiger partial charge on any atom is 0.289 e. The van der Waals surface area contributed by atoms with Crippen LogP contribution in [0.1, 0.15) is 16.2 Å². The van der Waals surface area contributed by atoms with Gasteiger partial charge in [0.25, 0.3) is 11.5 Å². The first-order chi connectivity index (χ1) is 12.0. The Morgan fingerprint density at radius 3 is 2.60 bits per heavy atom. The number of aromatic nitrogens is 3. The lowest BCUT2D eigenvalue weighted by Crippen LogP contribution is -2.51. The van der Waals surface area contributed by atoms with Crippen LogP contribution in [-0.2, 0) is 4.79 Å². The van der Waals surface area contributed by atoms with E-state index in [1.807, 2.05) is 0 Å². The molecule has 0 unspecified atom stereocenters.